The Morgan fingerprint density at radius 3 is 2.71 bits per heavy atom. The van der Waals surface area contributed by atoms with E-state index in [-0.39, 0.29) is 18.7 Å². The Hall–Kier alpha value is -1.89. The minimum Gasteiger partial charge on any atom is -0.386 e. The van der Waals surface area contributed by atoms with Crippen molar-refractivity contribution in [3.8, 4) is 0 Å². The number of hydrogen-bond acceptors (Lipinski definition) is 4. The van der Waals surface area contributed by atoms with Gasteiger partial charge in [-0.3, -0.25) is 14.6 Å². The van der Waals surface area contributed by atoms with Gasteiger partial charge < -0.3 is 15.0 Å². The van der Waals surface area contributed by atoms with E-state index in [9.17, 15) is 19.5 Å². The third-order valence-corrected chi connectivity index (χ3v) is 2.97. The van der Waals surface area contributed by atoms with E-state index in [1.165, 1.54) is 4.90 Å². The number of aromatic amines is 2. The number of aromatic nitrogens is 2. The summed E-state index contributed by atoms with van der Waals surface area (Å²) in [6.45, 7) is 2.25. The lowest BCUT2D eigenvalue weighted by Gasteiger charge is -2.45. The van der Waals surface area contributed by atoms with Gasteiger partial charge in [-0.15, -0.1) is 0 Å². The number of H-pyrrole nitrogens is 2. The summed E-state index contributed by atoms with van der Waals surface area (Å²) in [7, 11) is 0. The first-order chi connectivity index (χ1) is 7.95. The highest BCUT2D eigenvalue weighted by Gasteiger charge is 2.42. The van der Waals surface area contributed by atoms with Crippen molar-refractivity contribution in [3.05, 3.63) is 32.6 Å². The molecule has 2 heterocycles. The van der Waals surface area contributed by atoms with E-state index in [0.29, 0.717) is 6.42 Å². The van der Waals surface area contributed by atoms with Crippen molar-refractivity contribution in [1.82, 2.24) is 14.9 Å². The van der Waals surface area contributed by atoms with Gasteiger partial charge in [-0.2, -0.15) is 0 Å². The molecule has 17 heavy (non-hydrogen) atoms. The monoisotopic (exact) mass is 239 g/mol. The zero-order valence-electron chi connectivity index (χ0n) is 9.32. The van der Waals surface area contributed by atoms with Crippen molar-refractivity contribution in [3.63, 3.8) is 0 Å². The van der Waals surface area contributed by atoms with Crippen LogP contribution in [0.3, 0.4) is 0 Å². The molecular formula is C10H13N3O4. The molecule has 1 saturated heterocycles. The Labute approximate surface area is 96.1 Å². The second-order valence-corrected chi connectivity index (χ2v) is 4.22. The number of likely N-dealkylation sites (tertiary alicyclic amines) is 1. The molecular weight excluding hydrogens is 226 g/mol. The molecule has 1 aliphatic rings. The van der Waals surface area contributed by atoms with E-state index in [1.54, 1.807) is 0 Å². The number of carbonyl (C=O) groups excluding carboxylic acids is 1. The van der Waals surface area contributed by atoms with Crippen LogP contribution in [0.25, 0.3) is 0 Å². The number of nitrogens with zero attached hydrogens (tertiary/aromatic N) is 1. The van der Waals surface area contributed by atoms with Crippen LogP contribution in [0.15, 0.2) is 15.8 Å². The number of nitrogens with one attached hydrogen (secondary N) is 2. The van der Waals surface area contributed by atoms with Gasteiger partial charge in [0.25, 0.3) is 11.5 Å². The van der Waals surface area contributed by atoms with Crippen molar-refractivity contribution >= 4 is 5.91 Å². The summed E-state index contributed by atoms with van der Waals surface area (Å²) in [5.41, 5.74) is -2.33. The molecule has 0 aromatic carbocycles. The molecule has 7 nitrogen and oxygen atoms in total. The minimum absolute atomic E-state index is 0.122. The molecule has 0 aliphatic carbocycles. The molecule has 0 radical (unpaired) electrons. The largest absolute Gasteiger partial charge is 0.386 e. The summed E-state index contributed by atoms with van der Waals surface area (Å²) in [5, 5.41) is 9.76. The van der Waals surface area contributed by atoms with Crippen molar-refractivity contribution < 1.29 is 9.90 Å². The fourth-order valence-corrected chi connectivity index (χ4v) is 1.77. The van der Waals surface area contributed by atoms with Gasteiger partial charge in [0.2, 0.25) is 0 Å². The van der Waals surface area contributed by atoms with Crippen LogP contribution in [0.2, 0.25) is 0 Å². The molecule has 0 bridgehead atoms. The van der Waals surface area contributed by atoms with Gasteiger partial charge >= 0.3 is 5.69 Å². The average molecular weight is 239 g/mol. The standard InChI is InChI=1S/C10H13N3O4/c1-2-10(17)4-13(5-10)8(15)6-3-11-9(16)12-7(6)14/h3,17H,2,4-5H2,1H3,(H2,11,12,14,16). The molecule has 7 heteroatoms. The Morgan fingerprint density at radius 1 is 1.53 bits per heavy atom. The molecule has 2 rings (SSSR count). The third kappa shape index (κ3) is 2.01. The Morgan fingerprint density at radius 2 is 2.18 bits per heavy atom. The zero-order valence-corrected chi connectivity index (χ0v) is 9.32. The van der Waals surface area contributed by atoms with Gasteiger partial charge in [0.1, 0.15) is 5.56 Å². The summed E-state index contributed by atoms with van der Waals surface area (Å²) in [6.07, 6.45) is 1.64. The number of amides is 1. The summed E-state index contributed by atoms with van der Waals surface area (Å²) < 4.78 is 0. The summed E-state index contributed by atoms with van der Waals surface area (Å²) >= 11 is 0. The lowest BCUT2D eigenvalue weighted by atomic mass is 9.91. The van der Waals surface area contributed by atoms with Crippen molar-refractivity contribution in [2.75, 3.05) is 13.1 Å². The molecule has 1 aliphatic heterocycles. The van der Waals surface area contributed by atoms with Crippen LogP contribution in [0, 0.1) is 0 Å². The lowest BCUT2D eigenvalue weighted by molar-refractivity contribution is -0.0827. The number of β-amino-alcohol motifs (C(OH)–C–C–N with tert-alkyl or cyclic N) is 1. The molecule has 0 unspecified atom stereocenters. The highest BCUT2D eigenvalue weighted by Crippen LogP contribution is 2.24. The highest BCUT2D eigenvalue weighted by atomic mass is 16.3. The van der Waals surface area contributed by atoms with Gasteiger partial charge in [0, 0.05) is 6.20 Å². The maximum atomic E-state index is 11.8. The number of carbonyl (C=O) groups is 1. The quantitative estimate of drug-likeness (QED) is 0.593. The fraction of sp³-hybridized carbons (Fsp3) is 0.500. The maximum Gasteiger partial charge on any atom is 0.325 e. The van der Waals surface area contributed by atoms with E-state index in [4.69, 9.17) is 0 Å². The van der Waals surface area contributed by atoms with E-state index in [1.807, 2.05) is 11.9 Å². The first-order valence-electron chi connectivity index (χ1n) is 5.29. The van der Waals surface area contributed by atoms with E-state index in [0.717, 1.165) is 6.20 Å². The van der Waals surface area contributed by atoms with E-state index < -0.39 is 22.8 Å². The molecule has 1 aromatic rings. The zero-order chi connectivity index (χ0) is 12.6. The minimum atomic E-state index is -0.843. The molecule has 0 atom stereocenters. The SMILES string of the molecule is CCC1(O)CN(C(=O)c2c[nH]c(=O)[nH]c2=O)C1. The van der Waals surface area contributed by atoms with E-state index >= 15 is 0 Å². The molecule has 0 saturated carbocycles. The van der Waals surface area contributed by atoms with Crippen LogP contribution < -0.4 is 11.2 Å². The second-order valence-electron chi connectivity index (χ2n) is 4.22. The Bertz CT molecular complexity index is 553. The van der Waals surface area contributed by atoms with Crippen LogP contribution >= 0.6 is 0 Å². The first-order valence-corrected chi connectivity index (χ1v) is 5.29. The predicted octanol–water partition coefficient (Wildman–Crippen LogP) is -1.34. The van der Waals surface area contributed by atoms with Crippen LogP contribution in [-0.4, -0.2) is 44.6 Å². The van der Waals surface area contributed by atoms with E-state index in [2.05, 4.69) is 4.98 Å². The van der Waals surface area contributed by atoms with Gasteiger partial charge in [0.15, 0.2) is 0 Å². The predicted molar refractivity (Wildman–Crippen MR) is 58.8 cm³/mol. The van der Waals surface area contributed by atoms with Gasteiger partial charge in [-0.1, -0.05) is 6.92 Å². The molecule has 3 N–H and O–H groups in total. The Kier molecular flexibility index (Phi) is 2.62. The highest BCUT2D eigenvalue weighted by molar-refractivity contribution is 5.94. The summed E-state index contributed by atoms with van der Waals surface area (Å²) in [5.74, 6) is -0.486. The topological polar surface area (TPSA) is 106 Å². The fourth-order valence-electron chi connectivity index (χ4n) is 1.77. The summed E-state index contributed by atoms with van der Waals surface area (Å²) in [4.78, 5) is 39.6. The van der Waals surface area contributed by atoms with Crippen LogP contribution in [0.4, 0.5) is 0 Å². The second kappa shape index (κ2) is 3.85. The van der Waals surface area contributed by atoms with Crippen LogP contribution in [0.1, 0.15) is 23.7 Å². The number of hydrogen-bond donors (Lipinski definition) is 3. The number of aliphatic hydroxyl groups is 1. The normalized spacial score (nSPS) is 17.6. The first kappa shape index (κ1) is 11.6. The van der Waals surface area contributed by atoms with Gasteiger partial charge in [-0.25, -0.2) is 4.79 Å². The molecule has 0 spiro atoms. The van der Waals surface area contributed by atoms with Crippen molar-refractivity contribution in [1.29, 1.82) is 0 Å². The summed E-state index contributed by atoms with van der Waals surface area (Å²) in [6, 6.07) is 0. The third-order valence-electron chi connectivity index (χ3n) is 2.97. The molecule has 1 amide bonds. The van der Waals surface area contributed by atoms with Crippen molar-refractivity contribution in [2.45, 2.75) is 18.9 Å². The molecule has 1 aromatic heterocycles. The maximum absolute atomic E-state index is 11.8. The molecule has 1 fully saturated rings. The molecule has 92 valence electrons. The van der Waals surface area contributed by atoms with Gasteiger partial charge in [-0.05, 0) is 6.42 Å². The number of rotatable bonds is 2. The lowest BCUT2D eigenvalue weighted by Crippen LogP contribution is -2.63. The van der Waals surface area contributed by atoms with Crippen molar-refractivity contribution in [2.24, 2.45) is 0 Å². The Balaban J connectivity index is 2.17. The van der Waals surface area contributed by atoms with Gasteiger partial charge in [0.05, 0.1) is 18.7 Å². The average Bonchev–Trinajstić information content (AvgIpc) is 2.24. The van der Waals surface area contributed by atoms with Crippen LogP contribution in [0.5, 0.6) is 0 Å². The van der Waals surface area contributed by atoms with Crippen LogP contribution in [-0.2, 0) is 0 Å². The smallest absolute Gasteiger partial charge is 0.325 e.